The highest BCUT2D eigenvalue weighted by atomic mass is 32.2. The summed E-state index contributed by atoms with van der Waals surface area (Å²) < 4.78 is 11.6. The fourth-order valence-electron chi connectivity index (χ4n) is 5.10. The van der Waals surface area contributed by atoms with Crippen LogP contribution >= 0.6 is 24.0 Å². The molecular formula is C33H26N2O5S2. The second-order valence-electron chi connectivity index (χ2n) is 9.84. The molecule has 1 aromatic heterocycles. The monoisotopic (exact) mass is 594 g/mol. The Bertz CT molecular complexity index is 1880. The Labute approximate surface area is 251 Å². The number of nitrogens with one attached hydrogen (secondary N) is 1. The number of para-hydroxylation sites is 2. The number of fused-ring (bicyclic) bond motifs is 2. The largest absolute Gasteiger partial charge is 0.496 e. The number of aliphatic carboxylic acids is 1. The molecule has 0 radical (unpaired) electrons. The third-order valence-electron chi connectivity index (χ3n) is 7.23. The summed E-state index contributed by atoms with van der Waals surface area (Å²) in [6, 6.07) is 26.0. The summed E-state index contributed by atoms with van der Waals surface area (Å²) in [6.07, 6.45) is 3.68. The minimum atomic E-state index is -1.12. The molecule has 4 aromatic carbocycles. The van der Waals surface area contributed by atoms with E-state index in [-0.39, 0.29) is 10.7 Å². The van der Waals surface area contributed by atoms with Crippen LogP contribution in [0, 0.1) is 0 Å². The molecule has 1 amide bonds. The molecular weight excluding hydrogens is 569 g/mol. The van der Waals surface area contributed by atoms with E-state index in [4.69, 9.17) is 21.7 Å². The number of methoxy groups -OCH3 is 1. The number of hydrogen-bond acceptors (Lipinski definition) is 6. The number of hydrogen-bond donors (Lipinski definition) is 2. The average Bonchev–Trinajstić information content (AvgIpc) is 3.53. The number of thiocarbonyl (C=S) groups is 1. The van der Waals surface area contributed by atoms with E-state index in [1.165, 1.54) is 4.90 Å². The lowest BCUT2D eigenvalue weighted by molar-refractivity contribution is -0.145. The minimum Gasteiger partial charge on any atom is -0.496 e. The number of carbonyl (C=O) groups is 2. The summed E-state index contributed by atoms with van der Waals surface area (Å²) in [7, 11) is 1.64. The number of benzene rings is 4. The Morgan fingerprint density at radius 3 is 2.62 bits per heavy atom. The van der Waals surface area contributed by atoms with Gasteiger partial charge in [-0.1, -0.05) is 78.6 Å². The van der Waals surface area contributed by atoms with E-state index in [2.05, 4.69) is 4.98 Å². The van der Waals surface area contributed by atoms with E-state index >= 15 is 0 Å². The molecule has 0 saturated carbocycles. The standard InChI is InChI=1S/C33H26N2O5S2/c1-39-29-9-5-2-6-23(29)19-40-25-13-12-21-14-20(10-11-22(21)16-25)15-30-31(36)35(33(41)42-30)28(32(37)38)17-24-18-34-27-8-4-3-7-26(24)27/h2-16,18,28,34H,17,19H2,1H3,(H,37,38)/b30-15-. The molecule has 0 aliphatic carbocycles. The van der Waals surface area contributed by atoms with Crippen molar-refractivity contribution < 1.29 is 24.2 Å². The Balaban J connectivity index is 1.20. The van der Waals surface area contributed by atoms with Crippen LogP contribution in [0.3, 0.4) is 0 Å². The van der Waals surface area contributed by atoms with Crippen molar-refractivity contribution in [1.82, 2.24) is 9.88 Å². The smallest absolute Gasteiger partial charge is 0.327 e. The summed E-state index contributed by atoms with van der Waals surface area (Å²) in [5.74, 6) is 0.00243. The molecule has 42 heavy (non-hydrogen) atoms. The van der Waals surface area contributed by atoms with Crippen molar-refractivity contribution in [1.29, 1.82) is 0 Å². The molecule has 2 N–H and O–H groups in total. The highest BCUT2D eigenvalue weighted by Crippen LogP contribution is 2.36. The highest BCUT2D eigenvalue weighted by Gasteiger charge is 2.40. The van der Waals surface area contributed by atoms with Crippen LogP contribution in [0.1, 0.15) is 16.7 Å². The lowest BCUT2D eigenvalue weighted by Crippen LogP contribution is -2.45. The van der Waals surface area contributed by atoms with Gasteiger partial charge in [0.2, 0.25) is 0 Å². The predicted molar refractivity (Wildman–Crippen MR) is 170 cm³/mol. The Kier molecular flexibility index (Phi) is 7.69. The number of thioether (sulfide) groups is 1. The van der Waals surface area contributed by atoms with Crippen molar-refractivity contribution in [2.75, 3.05) is 7.11 Å². The van der Waals surface area contributed by atoms with Gasteiger partial charge < -0.3 is 19.6 Å². The van der Waals surface area contributed by atoms with E-state index in [9.17, 15) is 14.7 Å². The summed E-state index contributed by atoms with van der Waals surface area (Å²) in [4.78, 5) is 30.6. The predicted octanol–water partition coefficient (Wildman–Crippen LogP) is 6.81. The summed E-state index contributed by atoms with van der Waals surface area (Å²) in [5.41, 5.74) is 3.50. The third-order valence-corrected chi connectivity index (χ3v) is 8.56. The second-order valence-corrected chi connectivity index (χ2v) is 11.5. The van der Waals surface area contributed by atoms with Crippen LogP contribution in [-0.4, -0.2) is 44.3 Å². The van der Waals surface area contributed by atoms with Gasteiger partial charge in [-0.05, 0) is 58.3 Å². The molecule has 2 heterocycles. The van der Waals surface area contributed by atoms with Crippen LogP contribution in [0.2, 0.25) is 0 Å². The summed E-state index contributed by atoms with van der Waals surface area (Å²) in [5, 5.41) is 13.0. The van der Waals surface area contributed by atoms with Crippen LogP contribution in [0.15, 0.2) is 96.0 Å². The van der Waals surface area contributed by atoms with Crippen LogP contribution in [0.25, 0.3) is 27.8 Å². The lowest BCUT2D eigenvalue weighted by Gasteiger charge is -2.23. The zero-order chi connectivity index (χ0) is 29.2. The number of aromatic nitrogens is 1. The second kappa shape index (κ2) is 11.7. The van der Waals surface area contributed by atoms with Crippen molar-refractivity contribution in [2.24, 2.45) is 0 Å². The van der Waals surface area contributed by atoms with E-state index < -0.39 is 17.9 Å². The summed E-state index contributed by atoms with van der Waals surface area (Å²) >= 11 is 6.62. The van der Waals surface area contributed by atoms with Gasteiger partial charge in [0, 0.05) is 29.1 Å². The lowest BCUT2D eigenvalue weighted by atomic mass is 10.0. The van der Waals surface area contributed by atoms with Crippen molar-refractivity contribution in [3.63, 3.8) is 0 Å². The van der Waals surface area contributed by atoms with Gasteiger partial charge in [-0.15, -0.1) is 0 Å². The van der Waals surface area contributed by atoms with Crippen LogP contribution in [-0.2, 0) is 22.6 Å². The van der Waals surface area contributed by atoms with Crippen molar-refractivity contribution in [2.45, 2.75) is 19.1 Å². The molecule has 1 atom stereocenters. The number of H-pyrrole nitrogens is 1. The molecule has 1 saturated heterocycles. The van der Waals surface area contributed by atoms with E-state index in [1.54, 1.807) is 19.4 Å². The quantitative estimate of drug-likeness (QED) is 0.143. The first-order valence-corrected chi connectivity index (χ1v) is 14.5. The SMILES string of the molecule is COc1ccccc1COc1ccc2cc(/C=C3\SC(=S)N(C(Cc4c[nH]c5ccccc45)C(=O)O)C3=O)ccc2c1. The number of carboxylic acid groups (broad SMARTS) is 1. The molecule has 1 aliphatic rings. The van der Waals surface area contributed by atoms with Crippen LogP contribution in [0.4, 0.5) is 0 Å². The Hall–Kier alpha value is -4.60. The molecule has 9 heteroatoms. The Morgan fingerprint density at radius 2 is 1.79 bits per heavy atom. The number of rotatable bonds is 9. The van der Waals surface area contributed by atoms with Gasteiger partial charge in [-0.25, -0.2) is 4.79 Å². The van der Waals surface area contributed by atoms with Crippen molar-refractivity contribution in [3.05, 3.63) is 113 Å². The first-order chi connectivity index (χ1) is 20.4. The van der Waals surface area contributed by atoms with E-state index in [0.717, 1.165) is 61.6 Å². The number of carbonyl (C=O) groups excluding carboxylic acids is 1. The van der Waals surface area contributed by atoms with Gasteiger partial charge in [0.25, 0.3) is 5.91 Å². The molecule has 1 fully saturated rings. The number of nitrogens with zero attached hydrogens (tertiary/aromatic N) is 1. The molecule has 5 aromatic rings. The normalized spacial score (nSPS) is 15.1. The Morgan fingerprint density at radius 1 is 1.02 bits per heavy atom. The first kappa shape index (κ1) is 27.6. The first-order valence-electron chi connectivity index (χ1n) is 13.2. The maximum Gasteiger partial charge on any atom is 0.327 e. The van der Waals surface area contributed by atoms with Crippen LogP contribution < -0.4 is 9.47 Å². The minimum absolute atomic E-state index is 0.135. The number of amides is 1. The number of ether oxygens (including phenoxy) is 2. The van der Waals surface area contributed by atoms with Gasteiger partial charge in [0.15, 0.2) is 0 Å². The number of aromatic amines is 1. The zero-order valence-electron chi connectivity index (χ0n) is 22.6. The molecule has 0 spiro atoms. The zero-order valence-corrected chi connectivity index (χ0v) is 24.2. The summed E-state index contributed by atoms with van der Waals surface area (Å²) in [6.45, 7) is 0.382. The van der Waals surface area contributed by atoms with Crippen molar-refractivity contribution >= 4 is 67.9 Å². The van der Waals surface area contributed by atoms with Gasteiger partial charge in [-0.3, -0.25) is 9.69 Å². The molecule has 0 bridgehead atoms. The van der Waals surface area contributed by atoms with Crippen molar-refractivity contribution in [3.8, 4) is 11.5 Å². The van der Waals surface area contributed by atoms with Gasteiger partial charge in [-0.2, -0.15) is 0 Å². The molecule has 7 nitrogen and oxygen atoms in total. The van der Waals surface area contributed by atoms with Gasteiger partial charge in [0.05, 0.1) is 12.0 Å². The average molecular weight is 595 g/mol. The fraction of sp³-hybridized carbons (Fsp3) is 0.121. The van der Waals surface area contributed by atoms with Gasteiger partial charge >= 0.3 is 5.97 Å². The topological polar surface area (TPSA) is 91.9 Å². The van der Waals surface area contributed by atoms with E-state index in [1.807, 2.05) is 84.9 Å². The number of carboxylic acids is 1. The van der Waals surface area contributed by atoms with Gasteiger partial charge in [0.1, 0.15) is 28.5 Å². The maximum atomic E-state index is 13.5. The molecule has 1 aliphatic heterocycles. The molecule has 210 valence electrons. The highest BCUT2D eigenvalue weighted by molar-refractivity contribution is 8.26. The molecule has 6 rings (SSSR count). The fourth-order valence-corrected chi connectivity index (χ4v) is 6.46. The van der Waals surface area contributed by atoms with Crippen LogP contribution in [0.5, 0.6) is 11.5 Å². The van der Waals surface area contributed by atoms with E-state index in [0.29, 0.717) is 11.5 Å². The third kappa shape index (κ3) is 5.48. The maximum absolute atomic E-state index is 13.5. The molecule has 1 unspecified atom stereocenters.